The minimum absolute atomic E-state index is 0.0609. The fourth-order valence-electron chi connectivity index (χ4n) is 1.99. The summed E-state index contributed by atoms with van der Waals surface area (Å²) in [6, 6.07) is 0. The highest BCUT2D eigenvalue weighted by Gasteiger charge is 2.26. The van der Waals surface area contributed by atoms with Crippen molar-refractivity contribution in [1.29, 1.82) is 0 Å². The van der Waals surface area contributed by atoms with Gasteiger partial charge in [0.25, 0.3) is 0 Å². The van der Waals surface area contributed by atoms with Crippen LogP contribution in [-0.4, -0.2) is 48.3 Å². The van der Waals surface area contributed by atoms with Crippen molar-refractivity contribution >= 4 is 5.97 Å². The number of esters is 1. The van der Waals surface area contributed by atoms with E-state index in [1.54, 1.807) is 6.92 Å². The summed E-state index contributed by atoms with van der Waals surface area (Å²) >= 11 is 0. The van der Waals surface area contributed by atoms with Crippen LogP contribution in [0.5, 0.6) is 0 Å². The molecule has 0 aromatic carbocycles. The Morgan fingerprint density at radius 1 is 1.53 bits per heavy atom. The quantitative estimate of drug-likeness (QED) is 0.699. The van der Waals surface area contributed by atoms with Crippen molar-refractivity contribution < 1.29 is 14.6 Å². The SMILES string of the molecule is CCOC(=O)C1CCN(CC(C)O)CC1. The van der Waals surface area contributed by atoms with Crippen LogP contribution >= 0.6 is 0 Å². The summed E-state index contributed by atoms with van der Waals surface area (Å²) in [4.78, 5) is 13.6. The molecule has 0 aromatic rings. The van der Waals surface area contributed by atoms with Gasteiger partial charge >= 0.3 is 5.97 Å². The molecule has 0 bridgehead atoms. The summed E-state index contributed by atoms with van der Waals surface area (Å²) in [5.41, 5.74) is 0. The minimum Gasteiger partial charge on any atom is -0.466 e. The topological polar surface area (TPSA) is 49.8 Å². The summed E-state index contributed by atoms with van der Waals surface area (Å²) in [6.07, 6.45) is 1.42. The maximum Gasteiger partial charge on any atom is 0.309 e. The molecule has 1 heterocycles. The number of aliphatic hydroxyl groups is 1. The van der Waals surface area contributed by atoms with Crippen LogP contribution in [0.4, 0.5) is 0 Å². The first-order chi connectivity index (χ1) is 7.13. The lowest BCUT2D eigenvalue weighted by atomic mass is 9.97. The van der Waals surface area contributed by atoms with E-state index in [1.807, 2.05) is 6.92 Å². The zero-order valence-corrected chi connectivity index (χ0v) is 9.61. The van der Waals surface area contributed by atoms with Crippen molar-refractivity contribution in [2.75, 3.05) is 26.2 Å². The van der Waals surface area contributed by atoms with Gasteiger partial charge < -0.3 is 14.7 Å². The predicted molar refractivity (Wildman–Crippen MR) is 57.5 cm³/mol. The molecule has 4 heteroatoms. The molecule has 1 fully saturated rings. The average Bonchev–Trinajstić information content (AvgIpc) is 2.18. The van der Waals surface area contributed by atoms with Gasteiger partial charge in [0.1, 0.15) is 0 Å². The first kappa shape index (κ1) is 12.5. The number of carbonyl (C=O) groups is 1. The second-order valence-electron chi connectivity index (χ2n) is 4.18. The number of ether oxygens (including phenoxy) is 1. The van der Waals surface area contributed by atoms with Gasteiger partial charge in [-0.05, 0) is 39.8 Å². The van der Waals surface area contributed by atoms with Crippen LogP contribution < -0.4 is 0 Å². The maximum absolute atomic E-state index is 11.4. The van der Waals surface area contributed by atoms with Gasteiger partial charge in [0, 0.05) is 6.54 Å². The van der Waals surface area contributed by atoms with Gasteiger partial charge in [0.2, 0.25) is 0 Å². The summed E-state index contributed by atoms with van der Waals surface area (Å²) in [5, 5.41) is 9.23. The van der Waals surface area contributed by atoms with Gasteiger partial charge in [0.15, 0.2) is 0 Å². The zero-order valence-electron chi connectivity index (χ0n) is 9.61. The molecule has 1 N–H and O–H groups in total. The smallest absolute Gasteiger partial charge is 0.309 e. The highest BCUT2D eigenvalue weighted by atomic mass is 16.5. The lowest BCUT2D eigenvalue weighted by Crippen LogP contribution is -2.40. The van der Waals surface area contributed by atoms with E-state index in [4.69, 9.17) is 4.74 Å². The molecule has 1 saturated heterocycles. The van der Waals surface area contributed by atoms with Crippen LogP contribution in [0.15, 0.2) is 0 Å². The standard InChI is InChI=1S/C11H21NO3/c1-3-15-11(14)10-4-6-12(7-5-10)8-9(2)13/h9-10,13H,3-8H2,1-2H3. The van der Waals surface area contributed by atoms with Crippen LogP contribution in [0.2, 0.25) is 0 Å². The monoisotopic (exact) mass is 215 g/mol. The largest absolute Gasteiger partial charge is 0.466 e. The Hall–Kier alpha value is -0.610. The Labute approximate surface area is 91.2 Å². The fraction of sp³-hybridized carbons (Fsp3) is 0.909. The fourth-order valence-corrected chi connectivity index (χ4v) is 1.99. The van der Waals surface area contributed by atoms with E-state index in [0.29, 0.717) is 13.2 Å². The van der Waals surface area contributed by atoms with Crippen LogP contribution in [0.1, 0.15) is 26.7 Å². The molecule has 1 aliphatic rings. The predicted octanol–water partition coefficient (Wildman–Crippen LogP) is 0.642. The van der Waals surface area contributed by atoms with Crippen molar-refractivity contribution in [1.82, 2.24) is 4.90 Å². The highest BCUT2D eigenvalue weighted by molar-refractivity contribution is 5.72. The van der Waals surface area contributed by atoms with E-state index in [-0.39, 0.29) is 18.0 Å². The van der Waals surface area contributed by atoms with Crippen molar-refractivity contribution in [2.24, 2.45) is 5.92 Å². The third-order valence-electron chi connectivity index (χ3n) is 2.73. The molecule has 0 amide bonds. The molecular weight excluding hydrogens is 194 g/mol. The first-order valence-electron chi connectivity index (χ1n) is 5.70. The Bertz CT molecular complexity index is 198. The summed E-state index contributed by atoms with van der Waals surface area (Å²) in [5.74, 6) is 0.00407. The van der Waals surface area contributed by atoms with E-state index in [0.717, 1.165) is 25.9 Å². The summed E-state index contributed by atoms with van der Waals surface area (Å²) < 4.78 is 4.99. The number of nitrogens with zero attached hydrogens (tertiary/aromatic N) is 1. The van der Waals surface area contributed by atoms with Gasteiger partial charge in [-0.25, -0.2) is 0 Å². The number of likely N-dealkylation sites (tertiary alicyclic amines) is 1. The van der Waals surface area contributed by atoms with E-state index in [2.05, 4.69) is 4.90 Å². The van der Waals surface area contributed by atoms with Gasteiger partial charge in [0.05, 0.1) is 18.6 Å². The molecular formula is C11H21NO3. The van der Waals surface area contributed by atoms with Crippen LogP contribution in [-0.2, 0) is 9.53 Å². The number of hydrogen-bond acceptors (Lipinski definition) is 4. The van der Waals surface area contributed by atoms with Crippen LogP contribution in [0.25, 0.3) is 0 Å². The van der Waals surface area contributed by atoms with Crippen molar-refractivity contribution in [3.8, 4) is 0 Å². The minimum atomic E-state index is -0.288. The van der Waals surface area contributed by atoms with Crippen LogP contribution in [0.3, 0.4) is 0 Å². The van der Waals surface area contributed by atoms with E-state index in [9.17, 15) is 9.90 Å². The Morgan fingerprint density at radius 3 is 2.60 bits per heavy atom. The van der Waals surface area contributed by atoms with Crippen molar-refractivity contribution in [2.45, 2.75) is 32.8 Å². The van der Waals surface area contributed by atoms with Crippen molar-refractivity contribution in [3.05, 3.63) is 0 Å². The Balaban J connectivity index is 2.26. The summed E-state index contributed by atoms with van der Waals surface area (Å²) in [6.45, 7) is 6.56. The number of rotatable bonds is 4. The molecule has 0 aliphatic carbocycles. The zero-order chi connectivity index (χ0) is 11.3. The van der Waals surface area contributed by atoms with Gasteiger partial charge in [-0.15, -0.1) is 0 Å². The number of piperidine rings is 1. The second kappa shape index (κ2) is 6.08. The number of aliphatic hydroxyl groups excluding tert-OH is 1. The molecule has 1 unspecified atom stereocenters. The van der Waals surface area contributed by atoms with E-state index < -0.39 is 0 Å². The Morgan fingerprint density at radius 2 is 2.13 bits per heavy atom. The normalized spacial score (nSPS) is 21.3. The second-order valence-corrected chi connectivity index (χ2v) is 4.18. The lowest BCUT2D eigenvalue weighted by Gasteiger charge is -2.31. The number of β-amino-alcohol motifs (C(OH)–C–C–N with tert-alkyl or cyclic N) is 1. The molecule has 0 radical (unpaired) electrons. The highest BCUT2D eigenvalue weighted by Crippen LogP contribution is 2.18. The average molecular weight is 215 g/mol. The van der Waals surface area contributed by atoms with Crippen LogP contribution in [0, 0.1) is 5.92 Å². The third kappa shape index (κ3) is 4.18. The van der Waals surface area contributed by atoms with E-state index >= 15 is 0 Å². The van der Waals surface area contributed by atoms with Gasteiger partial charge in [-0.2, -0.15) is 0 Å². The molecule has 0 spiro atoms. The number of carbonyl (C=O) groups excluding carboxylic acids is 1. The van der Waals surface area contributed by atoms with Gasteiger partial charge in [-0.1, -0.05) is 0 Å². The molecule has 0 aromatic heterocycles. The Kier molecular flexibility index (Phi) is 5.05. The molecule has 1 atom stereocenters. The number of hydrogen-bond donors (Lipinski definition) is 1. The van der Waals surface area contributed by atoms with E-state index in [1.165, 1.54) is 0 Å². The summed E-state index contributed by atoms with van der Waals surface area (Å²) in [7, 11) is 0. The first-order valence-corrected chi connectivity index (χ1v) is 5.70. The molecule has 88 valence electrons. The molecule has 15 heavy (non-hydrogen) atoms. The molecule has 4 nitrogen and oxygen atoms in total. The molecule has 1 rings (SSSR count). The van der Waals surface area contributed by atoms with Gasteiger partial charge in [-0.3, -0.25) is 4.79 Å². The lowest BCUT2D eigenvalue weighted by molar-refractivity contribution is -0.149. The molecule has 1 aliphatic heterocycles. The molecule has 0 saturated carbocycles. The van der Waals surface area contributed by atoms with Crippen molar-refractivity contribution in [3.63, 3.8) is 0 Å². The third-order valence-corrected chi connectivity index (χ3v) is 2.73. The maximum atomic E-state index is 11.4.